The number of likely N-dealkylation sites (tertiary alicyclic amines) is 1. The van der Waals surface area contributed by atoms with Crippen LogP contribution in [0.1, 0.15) is 24.0 Å². The molecule has 0 N–H and O–H groups in total. The van der Waals surface area contributed by atoms with Crippen LogP contribution >= 0.6 is 23.2 Å². The third-order valence-corrected chi connectivity index (χ3v) is 9.73. The Bertz CT molecular complexity index is 1700. The zero-order valence-corrected chi connectivity index (χ0v) is 27.0. The van der Waals surface area contributed by atoms with Crippen LogP contribution in [-0.2, 0) is 22.6 Å². The van der Waals surface area contributed by atoms with Gasteiger partial charge in [0.05, 0.1) is 54.6 Å². The molecule has 1 spiro atoms. The third kappa shape index (κ3) is 6.03. The fraction of sp³-hybridized carbons (Fsp3) is 0.371. The van der Waals surface area contributed by atoms with Crippen LogP contribution in [0, 0.1) is 0 Å². The van der Waals surface area contributed by atoms with E-state index in [1.807, 2.05) is 48.5 Å². The quantitative estimate of drug-likeness (QED) is 0.193. The van der Waals surface area contributed by atoms with Crippen LogP contribution in [0.2, 0.25) is 10.0 Å². The molecule has 5 heterocycles. The lowest BCUT2D eigenvalue weighted by atomic mass is 9.86. The fourth-order valence-corrected chi connectivity index (χ4v) is 7.13. The van der Waals surface area contributed by atoms with Crippen molar-refractivity contribution in [2.75, 3.05) is 53.8 Å². The third-order valence-electron chi connectivity index (χ3n) is 8.92. The Balaban J connectivity index is 1.15. The zero-order valence-electron chi connectivity index (χ0n) is 25.5. The van der Waals surface area contributed by atoms with E-state index in [4.69, 9.17) is 52.1 Å². The van der Waals surface area contributed by atoms with Crippen molar-refractivity contribution in [3.8, 4) is 45.4 Å². The Hall–Kier alpha value is -3.24. The zero-order chi connectivity index (χ0) is 31.0. The predicted molar refractivity (Wildman–Crippen MR) is 176 cm³/mol. The van der Waals surface area contributed by atoms with Gasteiger partial charge in [-0.05, 0) is 18.6 Å². The summed E-state index contributed by atoms with van der Waals surface area (Å²) in [5, 5.41) is 1.13. The van der Waals surface area contributed by atoms with E-state index in [1.165, 1.54) is 0 Å². The van der Waals surface area contributed by atoms with Crippen molar-refractivity contribution in [1.29, 1.82) is 0 Å². The van der Waals surface area contributed by atoms with E-state index in [1.54, 1.807) is 14.2 Å². The average molecular weight is 648 g/mol. The number of rotatable bonds is 9. The molecule has 0 radical (unpaired) electrons. The highest BCUT2D eigenvalue weighted by Crippen LogP contribution is 2.43. The minimum absolute atomic E-state index is 0.0847. The molecule has 45 heavy (non-hydrogen) atoms. The van der Waals surface area contributed by atoms with Crippen molar-refractivity contribution in [3.63, 3.8) is 0 Å². The molecule has 10 heteroatoms. The van der Waals surface area contributed by atoms with Crippen LogP contribution in [0.5, 0.6) is 11.8 Å². The summed E-state index contributed by atoms with van der Waals surface area (Å²) in [6.07, 6.45) is 2.16. The van der Waals surface area contributed by atoms with Crippen molar-refractivity contribution < 1.29 is 18.9 Å². The summed E-state index contributed by atoms with van der Waals surface area (Å²) in [6, 6.07) is 19.9. The smallest absolute Gasteiger partial charge is 0.218 e. The maximum Gasteiger partial charge on any atom is 0.218 e. The van der Waals surface area contributed by atoms with E-state index < -0.39 is 0 Å². The number of benzene rings is 2. The maximum atomic E-state index is 7.10. The van der Waals surface area contributed by atoms with E-state index in [0.717, 1.165) is 97.0 Å². The molecule has 8 nitrogen and oxygen atoms in total. The highest BCUT2D eigenvalue weighted by molar-refractivity contribution is 6.39. The monoisotopic (exact) mass is 646 g/mol. The van der Waals surface area contributed by atoms with E-state index in [9.17, 15) is 0 Å². The van der Waals surface area contributed by atoms with Gasteiger partial charge < -0.3 is 18.9 Å². The molecule has 0 saturated carbocycles. The lowest BCUT2D eigenvalue weighted by Crippen LogP contribution is -2.67. The van der Waals surface area contributed by atoms with Gasteiger partial charge in [-0.3, -0.25) is 9.80 Å². The normalized spacial score (nSPS) is 18.0. The first kappa shape index (κ1) is 30.4. The lowest BCUT2D eigenvalue weighted by molar-refractivity contribution is -0.223. The van der Waals surface area contributed by atoms with Crippen LogP contribution < -0.4 is 9.47 Å². The molecule has 3 aliphatic heterocycles. The summed E-state index contributed by atoms with van der Waals surface area (Å²) in [4.78, 5) is 14.3. The van der Waals surface area contributed by atoms with Gasteiger partial charge in [-0.25, -0.2) is 9.97 Å². The molecule has 3 saturated heterocycles. The topological polar surface area (TPSA) is 69.2 Å². The molecule has 4 aromatic rings. The van der Waals surface area contributed by atoms with Crippen molar-refractivity contribution in [3.05, 3.63) is 81.8 Å². The van der Waals surface area contributed by atoms with Gasteiger partial charge in [0.25, 0.3) is 0 Å². The first-order chi connectivity index (χ1) is 22.0. The molecule has 0 atom stereocenters. The van der Waals surface area contributed by atoms with Gasteiger partial charge in [0, 0.05) is 79.1 Å². The predicted octanol–water partition coefficient (Wildman–Crippen LogP) is 6.96. The largest absolute Gasteiger partial charge is 0.481 e. The molecule has 0 aliphatic carbocycles. The number of methoxy groups -OCH3 is 2. The van der Waals surface area contributed by atoms with E-state index in [0.29, 0.717) is 35.1 Å². The standard InChI is InChI=1S/C35H36Cl2N4O4/c1-42-33-23(18-40-15-5-16-44-22-40)10-12-29(38-33)27-8-3-6-25(31(27)36)26-7-4-9-28(32(26)37)30-13-11-24(34(39-30)43-2)19-41-20-35(21-41)14-17-45-35/h3-4,6-13H,5,14-22H2,1-2H3. The van der Waals surface area contributed by atoms with Gasteiger partial charge in [-0.15, -0.1) is 0 Å². The van der Waals surface area contributed by atoms with Gasteiger partial charge in [0.1, 0.15) is 0 Å². The molecule has 0 amide bonds. The van der Waals surface area contributed by atoms with Crippen molar-refractivity contribution in [2.24, 2.45) is 0 Å². The fourth-order valence-electron chi connectivity index (χ4n) is 6.48. The van der Waals surface area contributed by atoms with E-state index >= 15 is 0 Å². The first-order valence-corrected chi connectivity index (χ1v) is 16.0. The van der Waals surface area contributed by atoms with Crippen LogP contribution in [0.3, 0.4) is 0 Å². The lowest BCUT2D eigenvalue weighted by Gasteiger charge is -2.55. The number of aromatic nitrogens is 2. The Morgan fingerprint density at radius 1 is 0.733 bits per heavy atom. The number of nitrogens with zero attached hydrogens (tertiary/aromatic N) is 4. The van der Waals surface area contributed by atoms with Gasteiger partial charge >= 0.3 is 0 Å². The van der Waals surface area contributed by atoms with Gasteiger partial charge in [-0.2, -0.15) is 0 Å². The molecule has 0 unspecified atom stereocenters. The van der Waals surface area contributed by atoms with Crippen LogP contribution in [0.15, 0.2) is 60.7 Å². The summed E-state index contributed by atoms with van der Waals surface area (Å²) in [7, 11) is 3.30. The van der Waals surface area contributed by atoms with Crippen molar-refractivity contribution >= 4 is 23.2 Å². The molecule has 3 fully saturated rings. The van der Waals surface area contributed by atoms with Crippen LogP contribution in [0.25, 0.3) is 33.6 Å². The number of hydrogen-bond donors (Lipinski definition) is 0. The Morgan fingerprint density at radius 2 is 1.27 bits per heavy atom. The summed E-state index contributed by atoms with van der Waals surface area (Å²) in [6.45, 7) is 6.65. The highest BCUT2D eigenvalue weighted by atomic mass is 35.5. The summed E-state index contributed by atoms with van der Waals surface area (Å²) in [5.41, 5.74) is 6.81. The van der Waals surface area contributed by atoms with Crippen molar-refractivity contribution in [1.82, 2.24) is 19.8 Å². The average Bonchev–Trinajstić information content (AvgIpc) is 3.03. The minimum Gasteiger partial charge on any atom is -0.481 e. The maximum absolute atomic E-state index is 7.10. The van der Waals surface area contributed by atoms with Gasteiger partial charge in [0.2, 0.25) is 11.8 Å². The van der Waals surface area contributed by atoms with Gasteiger partial charge in [0.15, 0.2) is 0 Å². The summed E-state index contributed by atoms with van der Waals surface area (Å²) >= 11 is 14.2. The van der Waals surface area contributed by atoms with E-state index in [-0.39, 0.29) is 5.60 Å². The van der Waals surface area contributed by atoms with Gasteiger partial charge in [-0.1, -0.05) is 71.7 Å². The number of ether oxygens (including phenoxy) is 4. The Labute approximate surface area is 273 Å². The molecule has 7 rings (SSSR count). The molecule has 3 aliphatic rings. The molecule has 0 bridgehead atoms. The molecule has 2 aromatic heterocycles. The minimum atomic E-state index is 0.0847. The summed E-state index contributed by atoms with van der Waals surface area (Å²) in [5.74, 6) is 1.17. The number of halogens is 2. The molecular formula is C35H36Cl2N4O4. The van der Waals surface area contributed by atoms with E-state index in [2.05, 4.69) is 21.9 Å². The Morgan fingerprint density at radius 3 is 1.73 bits per heavy atom. The number of pyridine rings is 2. The second-order valence-electron chi connectivity index (χ2n) is 11.9. The van der Waals surface area contributed by atoms with Crippen LogP contribution in [-0.4, -0.2) is 79.2 Å². The van der Waals surface area contributed by atoms with Crippen molar-refractivity contribution in [2.45, 2.75) is 31.5 Å². The molecule has 234 valence electrons. The summed E-state index contributed by atoms with van der Waals surface area (Å²) < 4.78 is 22.8. The highest BCUT2D eigenvalue weighted by Gasteiger charge is 2.48. The second kappa shape index (κ2) is 12.9. The SMILES string of the molecule is COc1nc(-c2cccc(-c3cccc(-c4ccc(CN5CC6(CCO6)C5)c(OC)n4)c3Cl)c2Cl)ccc1CN1CCCOC1. The molecular weight excluding hydrogens is 611 g/mol. The second-order valence-corrected chi connectivity index (χ2v) is 12.7. The van der Waals surface area contributed by atoms with Crippen LogP contribution in [0.4, 0.5) is 0 Å². The Kier molecular flexibility index (Phi) is 8.70. The number of hydrogen-bond acceptors (Lipinski definition) is 8. The molecule has 2 aromatic carbocycles. The first-order valence-electron chi connectivity index (χ1n) is 15.3.